The Labute approximate surface area is 130 Å². The van der Waals surface area contributed by atoms with E-state index in [0.29, 0.717) is 26.1 Å². The van der Waals surface area contributed by atoms with E-state index in [9.17, 15) is 9.59 Å². The number of hydrogen-bond donors (Lipinski definition) is 2. The minimum Gasteiger partial charge on any atom is -0.481 e. The van der Waals surface area contributed by atoms with Crippen LogP contribution in [0.15, 0.2) is 12.4 Å². The van der Waals surface area contributed by atoms with E-state index in [0.717, 1.165) is 18.8 Å². The number of aryl methyl sites for hydroxylation is 2. The van der Waals surface area contributed by atoms with Gasteiger partial charge in [0.2, 0.25) is 0 Å². The average molecular weight is 308 g/mol. The van der Waals surface area contributed by atoms with Crippen LogP contribution in [-0.2, 0) is 11.3 Å². The van der Waals surface area contributed by atoms with Crippen LogP contribution in [-0.4, -0.2) is 51.2 Å². The highest BCUT2D eigenvalue weighted by Gasteiger charge is 2.31. The van der Waals surface area contributed by atoms with Crippen molar-refractivity contribution in [2.45, 2.75) is 33.2 Å². The Kier molecular flexibility index (Phi) is 5.41. The number of likely N-dealkylation sites (tertiary alicyclic amines) is 1. The van der Waals surface area contributed by atoms with Crippen molar-refractivity contribution >= 4 is 12.0 Å². The summed E-state index contributed by atoms with van der Waals surface area (Å²) in [6.45, 7) is 6.22. The number of piperidine rings is 1. The molecule has 1 aromatic rings. The zero-order valence-corrected chi connectivity index (χ0v) is 13.2. The molecule has 22 heavy (non-hydrogen) atoms. The second-order valence-electron chi connectivity index (χ2n) is 6.03. The van der Waals surface area contributed by atoms with E-state index in [1.807, 2.05) is 24.6 Å². The highest BCUT2D eigenvalue weighted by Crippen LogP contribution is 2.21. The molecule has 2 rings (SSSR count). The fourth-order valence-electron chi connectivity index (χ4n) is 2.89. The van der Waals surface area contributed by atoms with Gasteiger partial charge >= 0.3 is 12.0 Å². The van der Waals surface area contributed by atoms with Crippen LogP contribution >= 0.6 is 0 Å². The van der Waals surface area contributed by atoms with Gasteiger partial charge in [0.1, 0.15) is 5.82 Å². The molecule has 1 aliphatic rings. The largest absolute Gasteiger partial charge is 0.481 e. The third-order valence-corrected chi connectivity index (χ3v) is 4.07. The number of carbonyl (C=O) groups is 2. The molecule has 1 saturated heterocycles. The molecule has 2 atom stereocenters. The summed E-state index contributed by atoms with van der Waals surface area (Å²) in [4.78, 5) is 29.0. The molecule has 1 fully saturated rings. The lowest BCUT2D eigenvalue weighted by Gasteiger charge is -2.34. The maximum atomic E-state index is 12.1. The van der Waals surface area contributed by atoms with Crippen LogP contribution in [0, 0.1) is 18.8 Å². The van der Waals surface area contributed by atoms with Gasteiger partial charge in [0.25, 0.3) is 0 Å². The zero-order valence-electron chi connectivity index (χ0n) is 13.2. The summed E-state index contributed by atoms with van der Waals surface area (Å²) in [6.07, 6.45) is 5.13. The number of nitrogens with zero attached hydrogens (tertiary/aromatic N) is 3. The summed E-state index contributed by atoms with van der Waals surface area (Å²) >= 11 is 0. The summed E-state index contributed by atoms with van der Waals surface area (Å²) < 4.78 is 2.04. The van der Waals surface area contributed by atoms with Crippen LogP contribution in [0.4, 0.5) is 4.79 Å². The minimum absolute atomic E-state index is 0.167. The van der Waals surface area contributed by atoms with E-state index < -0.39 is 11.9 Å². The van der Waals surface area contributed by atoms with Crippen LogP contribution in [0.2, 0.25) is 0 Å². The summed E-state index contributed by atoms with van der Waals surface area (Å²) in [5.74, 6) is -0.0993. The van der Waals surface area contributed by atoms with E-state index in [1.54, 1.807) is 11.1 Å². The molecule has 0 spiro atoms. The van der Waals surface area contributed by atoms with Crippen LogP contribution < -0.4 is 5.32 Å². The molecule has 0 saturated carbocycles. The fraction of sp³-hybridized carbons (Fsp3) is 0.667. The minimum atomic E-state index is -0.820. The van der Waals surface area contributed by atoms with Gasteiger partial charge in [-0.2, -0.15) is 0 Å². The van der Waals surface area contributed by atoms with Crippen LogP contribution in [0.5, 0.6) is 0 Å². The third-order valence-electron chi connectivity index (χ3n) is 4.07. The number of hydrogen-bond acceptors (Lipinski definition) is 3. The van der Waals surface area contributed by atoms with Gasteiger partial charge in [-0.05, 0) is 25.7 Å². The number of imidazole rings is 1. The molecule has 0 aliphatic carbocycles. The lowest BCUT2D eigenvalue weighted by molar-refractivity contribution is -0.143. The smallest absolute Gasteiger partial charge is 0.317 e. The highest BCUT2D eigenvalue weighted by atomic mass is 16.4. The second kappa shape index (κ2) is 7.29. The number of carbonyl (C=O) groups excluding carboxylic acids is 1. The first-order valence-electron chi connectivity index (χ1n) is 7.70. The predicted octanol–water partition coefficient (Wildman–Crippen LogP) is 1.33. The van der Waals surface area contributed by atoms with Gasteiger partial charge in [-0.15, -0.1) is 0 Å². The van der Waals surface area contributed by atoms with Crippen molar-refractivity contribution in [3.05, 3.63) is 18.2 Å². The third kappa shape index (κ3) is 4.22. The molecule has 2 N–H and O–H groups in total. The van der Waals surface area contributed by atoms with Gasteiger partial charge in [0, 0.05) is 38.6 Å². The first kappa shape index (κ1) is 16.3. The maximum absolute atomic E-state index is 12.1. The van der Waals surface area contributed by atoms with Crippen molar-refractivity contribution in [1.82, 2.24) is 19.8 Å². The highest BCUT2D eigenvalue weighted by molar-refractivity contribution is 5.76. The molecule has 1 aromatic heterocycles. The van der Waals surface area contributed by atoms with Crippen LogP contribution in [0.3, 0.4) is 0 Å². The quantitative estimate of drug-likeness (QED) is 0.803. The fourth-order valence-corrected chi connectivity index (χ4v) is 2.89. The van der Waals surface area contributed by atoms with Crippen molar-refractivity contribution in [1.29, 1.82) is 0 Å². The zero-order chi connectivity index (χ0) is 16.1. The van der Waals surface area contributed by atoms with Crippen molar-refractivity contribution in [2.24, 2.45) is 11.8 Å². The van der Waals surface area contributed by atoms with E-state index in [2.05, 4.69) is 10.3 Å². The number of amides is 2. The molecule has 1 aliphatic heterocycles. The van der Waals surface area contributed by atoms with Crippen LogP contribution in [0.25, 0.3) is 0 Å². The summed E-state index contributed by atoms with van der Waals surface area (Å²) in [5.41, 5.74) is 0. The molecule has 0 aromatic carbocycles. The summed E-state index contributed by atoms with van der Waals surface area (Å²) in [7, 11) is 0. The standard InChI is InChI=1S/C15H24N4O3/c1-11-8-13(14(20)21)10-19(9-11)15(22)17-4-3-6-18-7-5-16-12(18)2/h5,7,11,13H,3-4,6,8-10H2,1-2H3,(H,17,22)(H,20,21). The van der Waals surface area contributed by atoms with Crippen molar-refractivity contribution < 1.29 is 14.7 Å². The van der Waals surface area contributed by atoms with Gasteiger partial charge in [0.15, 0.2) is 0 Å². The number of rotatable bonds is 5. The monoisotopic (exact) mass is 308 g/mol. The first-order valence-corrected chi connectivity index (χ1v) is 7.70. The number of urea groups is 1. The van der Waals surface area contributed by atoms with E-state index in [1.165, 1.54) is 0 Å². The number of aromatic nitrogens is 2. The summed E-state index contributed by atoms with van der Waals surface area (Å²) in [6, 6.07) is -0.167. The molecule has 7 heteroatoms. The number of carboxylic acids is 1. The van der Waals surface area contributed by atoms with Crippen molar-refractivity contribution in [3.8, 4) is 0 Å². The first-order chi connectivity index (χ1) is 10.5. The molecule has 0 bridgehead atoms. The Morgan fingerprint density at radius 3 is 2.86 bits per heavy atom. The Morgan fingerprint density at radius 1 is 1.45 bits per heavy atom. The Morgan fingerprint density at radius 2 is 2.23 bits per heavy atom. The Bertz CT molecular complexity index is 529. The molecule has 2 amide bonds. The van der Waals surface area contributed by atoms with Crippen LogP contribution in [0.1, 0.15) is 25.6 Å². The molecule has 122 valence electrons. The number of nitrogens with one attached hydrogen (secondary N) is 1. The lowest BCUT2D eigenvalue weighted by Crippen LogP contribution is -2.49. The second-order valence-corrected chi connectivity index (χ2v) is 6.03. The normalized spacial score (nSPS) is 21.6. The Hall–Kier alpha value is -2.05. The lowest BCUT2D eigenvalue weighted by atomic mass is 9.91. The van der Waals surface area contributed by atoms with E-state index >= 15 is 0 Å². The van der Waals surface area contributed by atoms with Gasteiger partial charge in [-0.25, -0.2) is 9.78 Å². The van der Waals surface area contributed by atoms with Gasteiger partial charge < -0.3 is 19.9 Å². The molecule has 2 heterocycles. The average Bonchev–Trinajstić information content (AvgIpc) is 2.88. The predicted molar refractivity (Wildman–Crippen MR) is 81.5 cm³/mol. The summed E-state index contributed by atoms with van der Waals surface area (Å²) in [5, 5.41) is 12.0. The van der Waals surface area contributed by atoms with Crippen molar-refractivity contribution in [2.75, 3.05) is 19.6 Å². The van der Waals surface area contributed by atoms with Gasteiger partial charge in [0.05, 0.1) is 5.92 Å². The molecule has 7 nitrogen and oxygen atoms in total. The SMILES string of the molecule is Cc1nccn1CCCNC(=O)N1CC(C)CC(C(=O)O)C1. The van der Waals surface area contributed by atoms with E-state index in [4.69, 9.17) is 5.11 Å². The van der Waals surface area contributed by atoms with Crippen molar-refractivity contribution in [3.63, 3.8) is 0 Å². The Balaban J connectivity index is 1.74. The number of carboxylic acid groups (broad SMARTS) is 1. The molecular weight excluding hydrogens is 284 g/mol. The number of aliphatic carboxylic acids is 1. The van der Waals surface area contributed by atoms with Gasteiger partial charge in [-0.3, -0.25) is 4.79 Å². The van der Waals surface area contributed by atoms with E-state index in [-0.39, 0.29) is 11.9 Å². The van der Waals surface area contributed by atoms with Gasteiger partial charge in [-0.1, -0.05) is 6.92 Å². The molecular formula is C15H24N4O3. The molecule has 0 radical (unpaired) electrons. The molecule has 2 unspecified atom stereocenters. The topological polar surface area (TPSA) is 87.5 Å². The maximum Gasteiger partial charge on any atom is 0.317 e.